The summed E-state index contributed by atoms with van der Waals surface area (Å²) >= 11 is 7.24. The van der Waals surface area contributed by atoms with E-state index in [1.54, 1.807) is 6.07 Å². The van der Waals surface area contributed by atoms with E-state index in [4.69, 9.17) is 11.6 Å². The fraction of sp³-hybridized carbons (Fsp3) is 0.615. The molecule has 1 aromatic rings. The van der Waals surface area contributed by atoms with Crippen molar-refractivity contribution in [2.24, 2.45) is 0 Å². The summed E-state index contributed by atoms with van der Waals surface area (Å²) < 4.78 is 0.694. The minimum atomic E-state index is 0.210. The van der Waals surface area contributed by atoms with Gasteiger partial charge < -0.3 is 0 Å². The molecule has 2 heterocycles. The van der Waals surface area contributed by atoms with Crippen LogP contribution in [0.15, 0.2) is 12.1 Å². The van der Waals surface area contributed by atoms with Crippen molar-refractivity contribution in [2.75, 3.05) is 13.1 Å². The maximum Gasteiger partial charge on any atom is 0.186 e. The van der Waals surface area contributed by atoms with Crippen LogP contribution in [0.25, 0.3) is 0 Å². The third-order valence-corrected chi connectivity index (χ3v) is 4.69. The first-order chi connectivity index (χ1) is 8.20. The number of rotatable bonds is 4. The number of hydrogen-bond acceptors (Lipinski definition) is 3. The third-order valence-electron chi connectivity index (χ3n) is 3.42. The molecule has 2 nitrogen and oxygen atoms in total. The number of hydrogen-bond donors (Lipinski definition) is 0. The number of likely N-dealkylation sites (tertiary alicyclic amines) is 1. The summed E-state index contributed by atoms with van der Waals surface area (Å²) in [5.74, 6) is 0.210. The van der Waals surface area contributed by atoms with E-state index in [0.717, 1.165) is 17.8 Å². The number of piperidine rings is 1. The van der Waals surface area contributed by atoms with Crippen molar-refractivity contribution in [2.45, 2.75) is 38.6 Å². The number of thiophene rings is 1. The van der Waals surface area contributed by atoms with Crippen LogP contribution in [-0.2, 0) is 0 Å². The molecular weight excluding hydrogens is 254 g/mol. The van der Waals surface area contributed by atoms with Crippen LogP contribution in [0, 0.1) is 0 Å². The van der Waals surface area contributed by atoms with E-state index in [2.05, 4.69) is 11.8 Å². The van der Waals surface area contributed by atoms with E-state index in [-0.39, 0.29) is 5.78 Å². The van der Waals surface area contributed by atoms with Crippen molar-refractivity contribution >= 4 is 28.7 Å². The van der Waals surface area contributed by atoms with Crippen molar-refractivity contribution in [1.82, 2.24) is 4.90 Å². The summed E-state index contributed by atoms with van der Waals surface area (Å²) in [6.45, 7) is 3.81. The summed E-state index contributed by atoms with van der Waals surface area (Å²) in [6.07, 6.45) is 4.89. The Kier molecular flexibility index (Phi) is 4.60. The van der Waals surface area contributed by atoms with E-state index in [1.807, 2.05) is 6.07 Å². The van der Waals surface area contributed by atoms with Crippen LogP contribution in [0.2, 0.25) is 4.34 Å². The summed E-state index contributed by atoms with van der Waals surface area (Å²) in [6, 6.07) is 4.22. The molecule has 17 heavy (non-hydrogen) atoms. The van der Waals surface area contributed by atoms with Crippen molar-refractivity contribution in [3.05, 3.63) is 21.3 Å². The van der Waals surface area contributed by atoms with Crippen LogP contribution < -0.4 is 0 Å². The monoisotopic (exact) mass is 271 g/mol. The molecule has 0 bridgehead atoms. The Morgan fingerprint density at radius 1 is 1.53 bits per heavy atom. The second kappa shape index (κ2) is 5.98. The number of ketones is 1. The van der Waals surface area contributed by atoms with E-state index >= 15 is 0 Å². The molecule has 0 unspecified atom stereocenters. The average molecular weight is 272 g/mol. The molecular formula is C13H18ClNOS. The third kappa shape index (κ3) is 3.30. The summed E-state index contributed by atoms with van der Waals surface area (Å²) in [5.41, 5.74) is 0. The fourth-order valence-electron chi connectivity index (χ4n) is 2.46. The van der Waals surface area contributed by atoms with Crippen molar-refractivity contribution in [3.8, 4) is 0 Å². The Morgan fingerprint density at radius 2 is 2.35 bits per heavy atom. The Labute approximate surface area is 112 Å². The zero-order chi connectivity index (χ0) is 12.3. The highest BCUT2D eigenvalue weighted by Gasteiger charge is 2.23. The molecule has 4 heteroatoms. The highest BCUT2D eigenvalue weighted by Crippen LogP contribution is 2.24. The summed E-state index contributed by atoms with van der Waals surface area (Å²) in [5, 5.41) is 0. The number of nitrogens with zero attached hydrogens (tertiary/aromatic N) is 1. The summed E-state index contributed by atoms with van der Waals surface area (Å²) in [4.78, 5) is 15.2. The minimum absolute atomic E-state index is 0.210. The minimum Gasteiger partial charge on any atom is -0.293 e. The second-order valence-electron chi connectivity index (χ2n) is 4.56. The van der Waals surface area contributed by atoms with Gasteiger partial charge in [0, 0.05) is 6.04 Å². The molecule has 1 aromatic heterocycles. The number of Topliss-reactive ketones (excluding diaryl/α,β-unsaturated/α-hetero) is 1. The first-order valence-electron chi connectivity index (χ1n) is 6.23. The van der Waals surface area contributed by atoms with Crippen LogP contribution in [0.1, 0.15) is 42.3 Å². The molecule has 2 rings (SSSR count). The lowest BCUT2D eigenvalue weighted by molar-refractivity contribution is 0.0842. The molecule has 0 aliphatic carbocycles. The lowest BCUT2D eigenvalue weighted by atomic mass is 10.00. The van der Waals surface area contributed by atoms with Gasteiger partial charge in [0.2, 0.25) is 0 Å². The first kappa shape index (κ1) is 13.1. The Morgan fingerprint density at radius 3 is 3.00 bits per heavy atom. The molecule has 1 aliphatic heterocycles. The molecule has 0 radical (unpaired) electrons. The Balaban J connectivity index is 1.97. The fourth-order valence-corrected chi connectivity index (χ4v) is 3.43. The van der Waals surface area contributed by atoms with Gasteiger partial charge in [-0.15, -0.1) is 11.3 Å². The van der Waals surface area contributed by atoms with Gasteiger partial charge in [0.25, 0.3) is 0 Å². The molecule has 1 atom stereocenters. The molecule has 0 N–H and O–H groups in total. The van der Waals surface area contributed by atoms with Crippen LogP contribution in [0.4, 0.5) is 0 Å². The quantitative estimate of drug-likeness (QED) is 0.776. The van der Waals surface area contributed by atoms with Crippen molar-refractivity contribution in [1.29, 1.82) is 0 Å². The molecule has 1 fully saturated rings. The Bertz CT molecular complexity index is 391. The van der Waals surface area contributed by atoms with Crippen molar-refractivity contribution in [3.63, 3.8) is 0 Å². The molecule has 1 saturated heterocycles. The van der Waals surface area contributed by atoms with Crippen LogP contribution in [-0.4, -0.2) is 29.8 Å². The molecule has 94 valence electrons. The molecule has 0 spiro atoms. The predicted octanol–water partition coefficient (Wildman–Crippen LogP) is 3.85. The lowest BCUT2D eigenvalue weighted by Gasteiger charge is -2.34. The van der Waals surface area contributed by atoms with Crippen LogP contribution in [0.3, 0.4) is 0 Å². The number of carbonyl (C=O) groups is 1. The van der Waals surface area contributed by atoms with E-state index in [1.165, 1.54) is 30.6 Å². The van der Waals surface area contributed by atoms with Crippen molar-refractivity contribution < 1.29 is 4.79 Å². The second-order valence-corrected chi connectivity index (χ2v) is 6.27. The van der Waals surface area contributed by atoms with Crippen LogP contribution in [0.5, 0.6) is 0 Å². The Hall–Kier alpha value is -0.380. The molecule has 0 amide bonds. The molecule has 0 aromatic carbocycles. The van der Waals surface area contributed by atoms with E-state index < -0.39 is 0 Å². The van der Waals surface area contributed by atoms with Gasteiger partial charge in [0.05, 0.1) is 15.8 Å². The van der Waals surface area contributed by atoms with Gasteiger partial charge in [0.15, 0.2) is 5.78 Å². The molecule has 0 saturated carbocycles. The molecule has 1 aliphatic rings. The SMILES string of the molecule is CC[C@@H]1CCCCN1CC(=O)c1ccc(Cl)s1. The van der Waals surface area contributed by atoms with Crippen LogP contribution >= 0.6 is 22.9 Å². The maximum absolute atomic E-state index is 12.1. The van der Waals surface area contributed by atoms with Gasteiger partial charge in [-0.1, -0.05) is 24.9 Å². The lowest BCUT2D eigenvalue weighted by Crippen LogP contribution is -2.42. The number of carbonyl (C=O) groups excluding carboxylic acids is 1. The largest absolute Gasteiger partial charge is 0.293 e. The van der Waals surface area contributed by atoms with Gasteiger partial charge in [0.1, 0.15) is 0 Å². The van der Waals surface area contributed by atoms with Gasteiger partial charge in [-0.2, -0.15) is 0 Å². The van der Waals surface area contributed by atoms with Gasteiger partial charge in [-0.25, -0.2) is 0 Å². The predicted molar refractivity (Wildman–Crippen MR) is 73.2 cm³/mol. The first-order valence-corrected chi connectivity index (χ1v) is 7.42. The van der Waals surface area contributed by atoms with E-state index in [9.17, 15) is 4.79 Å². The zero-order valence-electron chi connectivity index (χ0n) is 10.1. The van der Waals surface area contributed by atoms with Gasteiger partial charge in [-0.3, -0.25) is 9.69 Å². The zero-order valence-corrected chi connectivity index (χ0v) is 11.7. The van der Waals surface area contributed by atoms with Gasteiger partial charge in [-0.05, 0) is 37.9 Å². The standard InChI is InChI=1S/C13H18ClNOS/c1-2-10-5-3-4-8-15(10)9-11(16)12-6-7-13(14)17-12/h6-7,10H,2-5,8-9H2,1H3/t10-/m1/s1. The maximum atomic E-state index is 12.1. The average Bonchev–Trinajstić information content (AvgIpc) is 2.77. The van der Waals surface area contributed by atoms with Gasteiger partial charge >= 0.3 is 0 Å². The highest BCUT2D eigenvalue weighted by molar-refractivity contribution is 7.18. The number of halogens is 1. The normalized spacial score (nSPS) is 21.6. The topological polar surface area (TPSA) is 20.3 Å². The highest BCUT2D eigenvalue weighted by atomic mass is 35.5. The summed E-state index contributed by atoms with van der Waals surface area (Å²) in [7, 11) is 0. The van der Waals surface area contributed by atoms with E-state index in [0.29, 0.717) is 16.9 Å². The smallest absolute Gasteiger partial charge is 0.186 e.